The van der Waals surface area contributed by atoms with Crippen molar-refractivity contribution in [2.45, 2.75) is 25.7 Å². The highest BCUT2D eigenvalue weighted by molar-refractivity contribution is 6.07. The lowest BCUT2D eigenvalue weighted by Crippen LogP contribution is -2.39. The third-order valence-electron chi connectivity index (χ3n) is 3.69. The lowest BCUT2D eigenvalue weighted by Gasteiger charge is -2.18. The zero-order valence-corrected chi connectivity index (χ0v) is 11.2. The summed E-state index contributed by atoms with van der Waals surface area (Å²) in [5.41, 5.74) is 2.29. The van der Waals surface area contributed by atoms with Crippen LogP contribution in [-0.2, 0) is 9.59 Å². The number of hydrogen-bond acceptors (Lipinski definition) is 6. The summed E-state index contributed by atoms with van der Waals surface area (Å²) in [4.78, 5) is 27.6. The molecule has 21 heavy (non-hydrogen) atoms. The van der Waals surface area contributed by atoms with Crippen LogP contribution in [0, 0.1) is 6.92 Å². The molecule has 1 unspecified atom stereocenters. The van der Waals surface area contributed by atoms with E-state index in [0.717, 1.165) is 0 Å². The van der Waals surface area contributed by atoms with Gasteiger partial charge in [-0.3, -0.25) is 14.9 Å². The van der Waals surface area contributed by atoms with Crippen LogP contribution in [0.15, 0.2) is 21.1 Å². The van der Waals surface area contributed by atoms with E-state index in [1.54, 1.807) is 19.1 Å². The standard InChI is InChI=1S/C14H11N3O4/c1-6-15-8-3-4-9-11(13(8)20-6)12(17-21-9)7-2-5-10(18)16-14(7)19/h3-4,7H,2,5H2,1H3,(H,16,18,19). The molecule has 1 saturated heterocycles. The van der Waals surface area contributed by atoms with E-state index in [4.69, 9.17) is 8.94 Å². The third kappa shape index (κ3) is 1.74. The first-order valence-electron chi connectivity index (χ1n) is 6.62. The lowest BCUT2D eigenvalue weighted by atomic mass is 9.92. The second-order valence-electron chi connectivity index (χ2n) is 5.09. The smallest absolute Gasteiger partial charge is 0.235 e. The Morgan fingerprint density at radius 3 is 3.00 bits per heavy atom. The van der Waals surface area contributed by atoms with Crippen LogP contribution in [0.25, 0.3) is 22.1 Å². The van der Waals surface area contributed by atoms with Gasteiger partial charge in [0.1, 0.15) is 11.2 Å². The van der Waals surface area contributed by atoms with Crippen molar-refractivity contribution in [3.05, 3.63) is 23.7 Å². The first-order valence-corrected chi connectivity index (χ1v) is 6.62. The van der Waals surface area contributed by atoms with Gasteiger partial charge in [-0.15, -0.1) is 0 Å². The van der Waals surface area contributed by atoms with Gasteiger partial charge in [0, 0.05) is 13.3 Å². The summed E-state index contributed by atoms with van der Waals surface area (Å²) in [6.45, 7) is 1.75. The number of carbonyl (C=O) groups is 2. The maximum absolute atomic E-state index is 12.0. The Hall–Kier alpha value is -2.70. The highest BCUT2D eigenvalue weighted by atomic mass is 16.5. The first kappa shape index (κ1) is 12.1. The predicted molar refractivity (Wildman–Crippen MR) is 71.4 cm³/mol. The number of nitrogens with one attached hydrogen (secondary N) is 1. The largest absolute Gasteiger partial charge is 0.440 e. The van der Waals surface area contributed by atoms with Gasteiger partial charge in [-0.25, -0.2) is 4.98 Å². The molecule has 0 radical (unpaired) electrons. The van der Waals surface area contributed by atoms with Crippen molar-refractivity contribution < 1.29 is 18.5 Å². The Kier molecular flexibility index (Phi) is 2.38. The van der Waals surface area contributed by atoms with Crippen molar-refractivity contribution in [1.29, 1.82) is 0 Å². The van der Waals surface area contributed by atoms with Crippen molar-refractivity contribution in [2.24, 2.45) is 0 Å². The normalized spacial score (nSPS) is 19.4. The van der Waals surface area contributed by atoms with Crippen molar-refractivity contribution in [2.75, 3.05) is 0 Å². The number of nitrogens with zero attached hydrogens (tertiary/aromatic N) is 2. The van der Waals surface area contributed by atoms with Crippen LogP contribution in [0.1, 0.15) is 30.3 Å². The van der Waals surface area contributed by atoms with Gasteiger partial charge in [0.25, 0.3) is 0 Å². The molecule has 3 aromatic rings. The lowest BCUT2D eigenvalue weighted by molar-refractivity contribution is -0.134. The van der Waals surface area contributed by atoms with Crippen molar-refractivity contribution in [1.82, 2.24) is 15.5 Å². The van der Waals surface area contributed by atoms with E-state index in [1.165, 1.54) is 0 Å². The van der Waals surface area contributed by atoms with E-state index in [9.17, 15) is 9.59 Å². The number of rotatable bonds is 1. The topological polar surface area (TPSA) is 98.2 Å². The minimum absolute atomic E-state index is 0.260. The maximum Gasteiger partial charge on any atom is 0.235 e. The molecular weight excluding hydrogens is 274 g/mol. The molecule has 1 atom stereocenters. The molecule has 1 N–H and O–H groups in total. The molecule has 0 spiro atoms. The number of fused-ring (bicyclic) bond motifs is 3. The van der Waals surface area contributed by atoms with Gasteiger partial charge in [0.05, 0.1) is 11.3 Å². The molecule has 1 aliphatic heterocycles. The summed E-state index contributed by atoms with van der Waals surface area (Å²) in [7, 11) is 0. The molecule has 2 amide bonds. The van der Waals surface area contributed by atoms with Crippen molar-refractivity contribution in [3.63, 3.8) is 0 Å². The average Bonchev–Trinajstić information content (AvgIpc) is 3.00. The summed E-state index contributed by atoms with van der Waals surface area (Å²) < 4.78 is 10.9. The van der Waals surface area contributed by atoms with Gasteiger partial charge in [-0.05, 0) is 18.6 Å². The summed E-state index contributed by atoms with van der Waals surface area (Å²) >= 11 is 0. The Morgan fingerprint density at radius 1 is 1.33 bits per heavy atom. The average molecular weight is 285 g/mol. The van der Waals surface area contributed by atoms with Crippen molar-refractivity contribution >= 4 is 33.9 Å². The summed E-state index contributed by atoms with van der Waals surface area (Å²) in [5, 5.41) is 7.00. The van der Waals surface area contributed by atoms with Crippen LogP contribution in [0.2, 0.25) is 0 Å². The van der Waals surface area contributed by atoms with Gasteiger partial charge in [-0.2, -0.15) is 0 Å². The molecule has 4 rings (SSSR count). The predicted octanol–water partition coefficient (Wildman–Crippen LogP) is 1.80. The minimum Gasteiger partial charge on any atom is -0.440 e. The van der Waals surface area contributed by atoms with Crippen LogP contribution in [-0.4, -0.2) is 22.0 Å². The highest BCUT2D eigenvalue weighted by Crippen LogP contribution is 2.35. The Bertz CT molecular complexity index is 892. The second-order valence-corrected chi connectivity index (χ2v) is 5.09. The number of hydrogen-bond donors (Lipinski definition) is 1. The van der Waals surface area contributed by atoms with E-state index in [2.05, 4.69) is 15.5 Å². The van der Waals surface area contributed by atoms with Crippen LogP contribution in [0.4, 0.5) is 0 Å². The monoisotopic (exact) mass is 285 g/mol. The number of benzene rings is 1. The van der Waals surface area contributed by atoms with E-state index in [-0.39, 0.29) is 18.2 Å². The number of aromatic nitrogens is 2. The molecule has 1 aromatic carbocycles. The van der Waals surface area contributed by atoms with Gasteiger partial charge < -0.3 is 8.94 Å². The van der Waals surface area contributed by atoms with Crippen LogP contribution >= 0.6 is 0 Å². The Balaban J connectivity index is 1.94. The third-order valence-corrected chi connectivity index (χ3v) is 3.69. The zero-order valence-electron chi connectivity index (χ0n) is 11.2. The number of amides is 2. The zero-order chi connectivity index (χ0) is 14.6. The quantitative estimate of drug-likeness (QED) is 0.684. The van der Waals surface area contributed by atoms with E-state index >= 15 is 0 Å². The minimum atomic E-state index is -0.514. The molecule has 2 aromatic heterocycles. The fourth-order valence-corrected chi connectivity index (χ4v) is 2.74. The molecule has 7 nitrogen and oxygen atoms in total. The number of carbonyl (C=O) groups excluding carboxylic acids is 2. The second kappa shape index (κ2) is 4.15. The molecule has 0 bridgehead atoms. The van der Waals surface area contributed by atoms with E-state index in [0.29, 0.717) is 40.1 Å². The van der Waals surface area contributed by atoms with Crippen LogP contribution in [0.3, 0.4) is 0 Å². The fraction of sp³-hybridized carbons (Fsp3) is 0.286. The van der Waals surface area contributed by atoms with Crippen LogP contribution < -0.4 is 5.32 Å². The molecule has 106 valence electrons. The molecule has 7 heteroatoms. The Labute approximate surface area is 118 Å². The number of aryl methyl sites for hydroxylation is 1. The fourth-order valence-electron chi connectivity index (χ4n) is 2.74. The summed E-state index contributed by atoms with van der Waals surface area (Å²) in [6, 6.07) is 3.54. The molecule has 1 fully saturated rings. The van der Waals surface area contributed by atoms with Gasteiger partial charge >= 0.3 is 0 Å². The van der Waals surface area contributed by atoms with Gasteiger partial charge in [-0.1, -0.05) is 5.16 Å². The Morgan fingerprint density at radius 2 is 2.19 bits per heavy atom. The molecule has 0 aliphatic carbocycles. The summed E-state index contributed by atoms with van der Waals surface area (Å²) in [6.07, 6.45) is 0.700. The maximum atomic E-state index is 12.0. The summed E-state index contributed by atoms with van der Waals surface area (Å²) in [5.74, 6) is -0.590. The van der Waals surface area contributed by atoms with Gasteiger partial charge in [0.2, 0.25) is 11.8 Å². The molecule has 3 heterocycles. The number of oxazole rings is 1. The molecule has 1 aliphatic rings. The van der Waals surface area contributed by atoms with Crippen molar-refractivity contribution in [3.8, 4) is 0 Å². The van der Waals surface area contributed by atoms with E-state index < -0.39 is 5.92 Å². The van der Waals surface area contributed by atoms with Crippen LogP contribution in [0.5, 0.6) is 0 Å². The SMILES string of the molecule is Cc1nc2ccc3onc(C4CCC(=O)NC4=O)c3c2o1. The highest BCUT2D eigenvalue weighted by Gasteiger charge is 2.33. The number of piperidine rings is 1. The molecular formula is C14H11N3O4. The first-order chi connectivity index (χ1) is 10.1. The number of imide groups is 1. The molecule has 0 saturated carbocycles. The van der Waals surface area contributed by atoms with Gasteiger partial charge in [0.15, 0.2) is 17.1 Å². The van der Waals surface area contributed by atoms with E-state index in [1.807, 2.05) is 0 Å².